The summed E-state index contributed by atoms with van der Waals surface area (Å²) in [5, 5.41) is 0. The monoisotopic (exact) mass is 222 g/mol. The summed E-state index contributed by atoms with van der Waals surface area (Å²) >= 11 is 0. The molecule has 0 aromatic rings. The van der Waals surface area contributed by atoms with E-state index in [4.69, 9.17) is 14.6 Å². The van der Waals surface area contributed by atoms with Gasteiger partial charge in [-0.05, 0) is 26.5 Å². The highest BCUT2D eigenvalue weighted by atomic mass is 28.4. The van der Waals surface area contributed by atoms with E-state index in [-0.39, 0.29) is 6.52 Å². The second-order valence-electron chi connectivity index (χ2n) is 3.09. The minimum Gasteiger partial charge on any atom is -0.377 e. The highest BCUT2D eigenvalue weighted by Crippen LogP contribution is 2.14. The maximum absolute atomic E-state index is 7.86. The summed E-state index contributed by atoms with van der Waals surface area (Å²) in [5.41, 5.74) is 0. The Morgan fingerprint density at radius 1 is 1.21 bits per heavy atom. The summed E-state index contributed by atoms with van der Waals surface area (Å²) in [6, 6.07) is 0.676. The van der Waals surface area contributed by atoms with Crippen LogP contribution in [0.1, 0.15) is 14.7 Å². The van der Waals surface area contributed by atoms with Gasteiger partial charge >= 0.3 is 8.80 Å². The highest BCUT2D eigenvalue weighted by Gasteiger charge is 2.36. The standard InChI is InChI=1S/C9H23NO3Si/c1-6-10(2)8-7-9-14(11-3,12-4)13-5/h6-9H2,1-5H3/i8D. The Morgan fingerprint density at radius 2 is 1.71 bits per heavy atom. The van der Waals surface area contributed by atoms with Crippen LogP contribution in [-0.2, 0) is 13.3 Å². The molecule has 5 heteroatoms. The summed E-state index contributed by atoms with van der Waals surface area (Å²) in [7, 11) is 4.25. The Balaban J connectivity index is 4.10. The van der Waals surface area contributed by atoms with E-state index in [2.05, 4.69) is 0 Å². The first-order valence-corrected chi connectivity index (χ1v) is 6.76. The molecule has 0 fully saturated rings. The molecule has 14 heavy (non-hydrogen) atoms. The molecule has 0 aromatic heterocycles. The molecule has 0 saturated carbocycles. The molecule has 0 aliphatic carbocycles. The van der Waals surface area contributed by atoms with Crippen molar-refractivity contribution in [1.82, 2.24) is 4.90 Å². The van der Waals surface area contributed by atoms with Crippen LogP contribution in [0.4, 0.5) is 0 Å². The molecule has 1 atom stereocenters. The molecule has 0 amide bonds. The van der Waals surface area contributed by atoms with Crippen molar-refractivity contribution in [3.8, 4) is 0 Å². The summed E-state index contributed by atoms with van der Waals surface area (Å²) < 4.78 is 23.7. The first kappa shape index (κ1) is 12.1. The topological polar surface area (TPSA) is 30.9 Å². The first-order valence-electron chi connectivity index (χ1n) is 5.41. The van der Waals surface area contributed by atoms with E-state index in [0.29, 0.717) is 12.5 Å². The fourth-order valence-electron chi connectivity index (χ4n) is 1.15. The summed E-state index contributed by atoms with van der Waals surface area (Å²) in [5.74, 6) is 0. The van der Waals surface area contributed by atoms with Crippen molar-refractivity contribution in [3.63, 3.8) is 0 Å². The van der Waals surface area contributed by atoms with Crippen LogP contribution in [0.25, 0.3) is 0 Å². The molecular formula is C9H23NO3Si. The quantitative estimate of drug-likeness (QED) is 0.578. The molecule has 0 spiro atoms. The molecule has 0 aliphatic rings. The van der Waals surface area contributed by atoms with Crippen LogP contribution in [0.5, 0.6) is 0 Å². The van der Waals surface area contributed by atoms with Crippen molar-refractivity contribution >= 4 is 8.80 Å². The SMILES string of the molecule is [2H]C(CC[Si](OC)(OC)OC)N(C)CC. The van der Waals surface area contributed by atoms with Crippen LogP contribution in [0, 0.1) is 0 Å². The van der Waals surface area contributed by atoms with Gasteiger partial charge in [0, 0.05) is 28.7 Å². The van der Waals surface area contributed by atoms with Gasteiger partial charge in [-0.2, -0.15) is 0 Å². The van der Waals surface area contributed by atoms with Gasteiger partial charge in [-0.3, -0.25) is 0 Å². The Kier molecular flexibility index (Phi) is 6.38. The van der Waals surface area contributed by atoms with E-state index >= 15 is 0 Å². The zero-order valence-electron chi connectivity index (χ0n) is 10.9. The Morgan fingerprint density at radius 3 is 2.07 bits per heavy atom. The van der Waals surface area contributed by atoms with E-state index in [1.54, 1.807) is 21.3 Å². The maximum atomic E-state index is 7.86. The van der Waals surface area contributed by atoms with Crippen molar-refractivity contribution < 1.29 is 14.6 Å². The summed E-state index contributed by atoms with van der Waals surface area (Å²) in [6.07, 6.45) is 0.700. The first-order chi connectivity index (χ1) is 7.05. The van der Waals surface area contributed by atoms with Gasteiger partial charge in [0.15, 0.2) is 0 Å². The van der Waals surface area contributed by atoms with E-state index in [1.807, 2.05) is 18.9 Å². The molecule has 0 heterocycles. The number of hydrogen-bond acceptors (Lipinski definition) is 4. The molecule has 0 rings (SSSR count). The predicted octanol–water partition coefficient (Wildman–Crippen LogP) is 1.21. The van der Waals surface area contributed by atoms with Crippen LogP contribution in [0.2, 0.25) is 6.04 Å². The lowest BCUT2D eigenvalue weighted by Gasteiger charge is -2.25. The Labute approximate surface area is 89.9 Å². The van der Waals surface area contributed by atoms with Gasteiger partial charge in [-0.15, -0.1) is 0 Å². The second kappa shape index (κ2) is 7.36. The molecule has 0 aromatic carbocycles. The smallest absolute Gasteiger partial charge is 0.377 e. The zero-order valence-corrected chi connectivity index (χ0v) is 10.9. The average Bonchev–Trinajstić information content (AvgIpc) is 2.30. The van der Waals surface area contributed by atoms with Crippen molar-refractivity contribution in [2.75, 3.05) is 41.4 Å². The molecular weight excluding hydrogens is 198 g/mol. The van der Waals surface area contributed by atoms with Crippen LogP contribution in [0.3, 0.4) is 0 Å². The Bertz CT molecular complexity index is 161. The van der Waals surface area contributed by atoms with Gasteiger partial charge in [-0.1, -0.05) is 6.92 Å². The predicted molar refractivity (Wildman–Crippen MR) is 59.4 cm³/mol. The summed E-state index contributed by atoms with van der Waals surface area (Å²) in [4.78, 5) is 1.97. The molecule has 0 saturated heterocycles. The number of hydrogen-bond donors (Lipinski definition) is 0. The third-order valence-corrected chi connectivity index (χ3v) is 5.09. The van der Waals surface area contributed by atoms with Gasteiger partial charge in [0.25, 0.3) is 0 Å². The fraction of sp³-hybridized carbons (Fsp3) is 1.00. The van der Waals surface area contributed by atoms with Crippen molar-refractivity contribution in [2.45, 2.75) is 19.4 Å². The lowest BCUT2D eigenvalue weighted by Crippen LogP contribution is -2.43. The van der Waals surface area contributed by atoms with Gasteiger partial charge in [0.2, 0.25) is 0 Å². The minimum atomic E-state index is -2.49. The molecule has 0 aliphatic heterocycles. The normalized spacial score (nSPS) is 15.7. The van der Waals surface area contributed by atoms with E-state index in [9.17, 15) is 0 Å². The van der Waals surface area contributed by atoms with Crippen molar-refractivity contribution in [3.05, 3.63) is 0 Å². The van der Waals surface area contributed by atoms with E-state index in [0.717, 1.165) is 6.54 Å². The lowest BCUT2D eigenvalue weighted by molar-refractivity contribution is 0.122. The van der Waals surface area contributed by atoms with E-state index < -0.39 is 8.80 Å². The highest BCUT2D eigenvalue weighted by molar-refractivity contribution is 6.60. The van der Waals surface area contributed by atoms with Crippen molar-refractivity contribution in [2.24, 2.45) is 0 Å². The zero-order chi connectivity index (χ0) is 11.9. The van der Waals surface area contributed by atoms with Crippen LogP contribution in [0.15, 0.2) is 0 Å². The van der Waals surface area contributed by atoms with Gasteiger partial charge in [0.05, 0.1) is 0 Å². The van der Waals surface area contributed by atoms with Crippen LogP contribution >= 0.6 is 0 Å². The maximum Gasteiger partial charge on any atom is 0.500 e. The molecule has 0 bridgehead atoms. The second-order valence-corrected chi connectivity index (χ2v) is 6.18. The molecule has 0 N–H and O–H groups in total. The van der Waals surface area contributed by atoms with Gasteiger partial charge in [0.1, 0.15) is 0 Å². The van der Waals surface area contributed by atoms with Gasteiger partial charge in [-0.25, -0.2) is 0 Å². The molecule has 0 radical (unpaired) electrons. The fourth-order valence-corrected chi connectivity index (χ4v) is 2.74. The largest absolute Gasteiger partial charge is 0.500 e. The average molecular weight is 222 g/mol. The van der Waals surface area contributed by atoms with Crippen LogP contribution < -0.4 is 0 Å². The molecule has 1 unspecified atom stereocenters. The third kappa shape index (κ3) is 4.52. The van der Waals surface area contributed by atoms with Gasteiger partial charge < -0.3 is 18.2 Å². The molecule has 4 nitrogen and oxygen atoms in total. The minimum absolute atomic E-state index is 0.220. The summed E-state index contributed by atoms with van der Waals surface area (Å²) in [6.45, 7) is 2.69. The Hall–Kier alpha value is 0.0569. The lowest BCUT2D eigenvalue weighted by atomic mass is 10.4. The molecule has 86 valence electrons. The number of nitrogens with zero attached hydrogens (tertiary/aromatic N) is 1. The number of rotatable bonds is 8. The van der Waals surface area contributed by atoms with Crippen LogP contribution in [-0.4, -0.2) is 55.1 Å². The van der Waals surface area contributed by atoms with Crippen molar-refractivity contribution in [1.29, 1.82) is 0 Å². The van der Waals surface area contributed by atoms with E-state index in [1.165, 1.54) is 0 Å². The third-order valence-electron chi connectivity index (χ3n) is 2.32.